The number of nitrogens with zero attached hydrogens (tertiary/aromatic N) is 4. The van der Waals surface area contributed by atoms with Gasteiger partial charge in [-0.15, -0.1) is 10.2 Å². The van der Waals surface area contributed by atoms with Crippen LogP contribution in [0.2, 0.25) is 0 Å². The number of sulfonamides is 1. The van der Waals surface area contributed by atoms with Crippen molar-refractivity contribution >= 4 is 10.0 Å². The molecule has 0 saturated heterocycles. The summed E-state index contributed by atoms with van der Waals surface area (Å²) >= 11 is 0. The predicted molar refractivity (Wildman–Crippen MR) is 80.2 cm³/mol. The number of benzene rings is 1. The summed E-state index contributed by atoms with van der Waals surface area (Å²) < 4.78 is 32.8. The molecule has 0 N–H and O–H groups in total. The lowest BCUT2D eigenvalue weighted by Crippen LogP contribution is -2.31. The Morgan fingerprint density at radius 3 is 2.73 bits per heavy atom. The lowest BCUT2D eigenvalue weighted by molar-refractivity contribution is 0.0801. The third-order valence-corrected chi connectivity index (χ3v) is 4.78. The second-order valence-electron chi connectivity index (χ2n) is 5.25. The van der Waals surface area contributed by atoms with Gasteiger partial charge in [-0.1, -0.05) is 30.3 Å². The smallest absolute Gasteiger partial charge is 0.211 e. The van der Waals surface area contributed by atoms with Crippen LogP contribution in [-0.2, 0) is 41.0 Å². The zero-order valence-electron chi connectivity index (χ0n) is 12.3. The van der Waals surface area contributed by atoms with E-state index in [1.807, 2.05) is 34.9 Å². The zero-order chi connectivity index (χ0) is 15.6. The number of rotatable bonds is 5. The molecular weight excluding hydrogens is 304 g/mol. The number of aromatic nitrogens is 3. The summed E-state index contributed by atoms with van der Waals surface area (Å²) in [4.78, 5) is 0. The highest BCUT2D eigenvalue weighted by Crippen LogP contribution is 2.15. The van der Waals surface area contributed by atoms with Crippen LogP contribution < -0.4 is 0 Å². The highest BCUT2D eigenvalue weighted by molar-refractivity contribution is 7.88. The maximum absolute atomic E-state index is 12.1. The predicted octanol–water partition coefficient (Wildman–Crippen LogP) is 0.770. The van der Waals surface area contributed by atoms with Gasteiger partial charge in [-0.05, 0) is 5.56 Å². The monoisotopic (exact) mass is 322 g/mol. The van der Waals surface area contributed by atoms with Crippen LogP contribution in [0, 0.1) is 0 Å². The van der Waals surface area contributed by atoms with Crippen molar-refractivity contribution in [2.75, 3.05) is 12.9 Å². The number of hydrogen-bond acceptors (Lipinski definition) is 5. The molecule has 7 nitrogen and oxygen atoms in total. The van der Waals surface area contributed by atoms with E-state index in [-0.39, 0.29) is 6.54 Å². The molecular formula is C14H18N4O3S. The fraction of sp³-hybridized carbons (Fsp3) is 0.429. The first kappa shape index (κ1) is 15.1. The van der Waals surface area contributed by atoms with E-state index in [1.165, 1.54) is 10.6 Å². The molecule has 118 valence electrons. The van der Waals surface area contributed by atoms with E-state index in [9.17, 15) is 8.42 Å². The quantitative estimate of drug-likeness (QED) is 0.812. The van der Waals surface area contributed by atoms with E-state index in [4.69, 9.17) is 4.74 Å². The van der Waals surface area contributed by atoms with E-state index in [1.54, 1.807) is 0 Å². The standard InChI is InChI=1S/C14H18N4O3S/c1-22(19,20)17(9-12-5-3-2-4-6-12)10-13-15-16-14-11-21-8-7-18(13)14/h2-6H,7-11H2,1H3. The normalized spacial score (nSPS) is 15.0. The first-order valence-electron chi connectivity index (χ1n) is 7.02. The van der Waals surface area contributed by atoms with Gasteiger partial charge >= 0.3 is 0 Å². The van der Waals surface area contributed by atoms with Gasteiger partial charge in [0.25, 0.3) is 0 Å². The summed E-state index contributed by atoms with van der Waals surface area (Å²) in [6, 6.07) is 9.51. The Kier molecular flexibility index (Phi) is 4.23. The molecule has 1 aromatic carbocycles. The van der Waals surface area contributed by atoms with E-state index < -0.39 is 10.0 Å². The van der Waals surface area contributed by atoms with Gasteiger partial charge in [-0.25, -0.2) is 8.42 Å². The molecule has 0 fully saturated rings. The molecule has 0 radical (unpaired) electrons. The highest BCUT2D eigenvalue weighted by atomic mass is 32.2. The molecule has 8 heteroatoms. The average molecular weight is 322 g/mol. The minimum absolute atomic E-state index is 0.209. The van der Waals surface area contributed by atoms with Crippen molar-refractivity contribution < 1.29 is 13.2 Å². The van der Waals surface area contributed by atoms with Crippen LogP contribution in [0.3, 0.4) is 0 Å². The molecule has 1 aliphatic heterocycles. The van der Waals surface area contributed by atoms with Crippen LogP contribution in [0.5, 0.6) is 0 Å². The molecule has 2 aromatic rings. The molecule has 0 atom stereocenters. The van der Waals surface area contributed by atoms with Crippen LogP contribution in [0.1, 0.15) is 17.2 Å². The Morgan fingerprint density at radius 2 is 2.00 bits per heavy atom. The summed E-state index contributed by atoms with van der Waals surface area (Å²) in [7, 11) is -3.34. The molecule has 0 unspecified atom stereocenters. The van der Waals surface area contributed by atoms with Crippen molar-refractivity contribution in [2.24, 2.45) is 0 Å². The van der Waals surface area contributed by atoms with Crippen molar-refractivity contribution in [1.82, 2.24) is 19.1 Å². The highest BCUT2D eigenvalue weighted by Gasteiger charge is 2.23. The third-order valence-electron chi connectivity index (χ3n) is 3.58. The summed E-state index contributed by atoms with van der Waals surface area (Å²) in [6.07, 6.45) is 1.21. The molecule has 2 heterocycles. The van der Waals surface area contributed by atoms with Crippen LogP contribution in [-0.4, -0.2) is 40.4 Å². The Morgan fingerprint density at radius 1 is 1.23 bits per heavy atom. The van der Waals surface area contributed by atoms with Gasteiger partial charge in [0.15, 0.2) is 5.82 Å². The minimum Gasteiger partial charge on any atom is -0.372 e. The van der Waals surface area contributed by atoms with Crippen LogP contribution >= 0.6 is 0 Å². The first-order valence-corrected chi connectivity index (χ1v) is 8.86. The van der Waals surface area contributed by atoms with Crippen molar-refractivity contribution in [3.8, 4) is 0 Å². The van der Waals surface area contributed by atoms with E-state index in [0.29, 0.717) is 32.1 Å². The molecule has 1 aliphatic rings. The Labute approximate surface area is 129 Å². The Balaban J connectivity index is 1.83. The maximum Gasteiger partial charge on any atom is 0.211 e. The van der Waals surface area contributed by atoms with Gasteiger partial charge in [0.2, 0.25) is 10.0 Å². The topological polar surface area (TPSA) is 77.3 Å². The molecule has 0 aliphatic carbocycles. The fourth-order valence-corrected chi connectivity index (χ4v) is 3.14. The second kappa shape index (κ2) is 6.15. The van der Waals surface area contributed by atoms with Gasteiger partial charge in [0.1, 0.15) is 12.4 Å². The van der Waals surface area contributed by atoms with Crippen LogP contribution in [0.4, 0.5) is 0 Å². The second-order valence-corrected chi connectivity index (χ2v) is 7.24. The van der Waals surface area contributed by atoms with Gasteiger partial charge in [0.05, 0.1) is 19.4 Å². The van der Waals surface area contributed by atoms with E-state index >= 15 is 0 Å². The number of ether oxygens (including phenoxy) is 1. The van der Waals surface area contributed by atoms with Crippen LogP contribution in [0.25, 0.3) is 0 Å². The molecule has 0 spiro atoms. The van der Waals surface area contributed by atoms with Gasteiger partial charge < -0.3 is 9.30 Å². The largest absolute Gasteiger partial charge is 0.372 e. The molecule has 3 rings (SSSR count). The summed E-state index contributed by atoms with van der Waals surface area (Å²) in [5.41, 5.74) is 0.939. The number of hydrogen-bond donors (Lipinski definition) is 0. The van der Waals surface area contributed by atoms with E-state index in [2.05, 4.69) is 10.2 Å². The Hall–Kier alpha value is -1.77. The summed E-state index contributed by atoms with van der Waals surface area (Å²) in [5, 5.41) is 8.18. The van der Waals surface area contributed by atoms with Crippen molar-refractivity contribution in [1.29, 1.82) is 0 Å². The minimum atomic E-state index is -3.34. The third kappa shape index (κ3) is 3.34. The molecule has 0 bridgehead atoms. The Bertz CT molecular complexity index is 743. The van der Waals surface area contributed by atoms with Crippen molar-refractivity contribution in [2.45, 2.75) is 26.2 Å². The average Bonchev–Trinajstić information content (AvgIpc) is 2.90. The first-order chi connectivity index (χ1) is 10.5. The van der Waals surface area contributed by atoms with Crippen molar-refractivity contribution in [3.05, 3.63) is 47.5 Å². The van der Waals surface area contributed by atoms with Crippen LogP contribution in [0.15, 0.2) is 30.3 Å². The van der Waals surface area contributed by atoms with Gasteiger partial charge in [-0.3, -0.25) is 0 Å². The maximum atomic E-state index is 12.1. The molecule has 22 heavy (non-hydrogen) atoms. The van der Waals surface area contributed by atoms with Gasteiger partial charge in [-0.2, -0.15) is 4.31 Å². The van der Waals surface area contributed by atoms with Gasteiger partial charge in [0, 0.05) is 13.1 Å². The zero-order valence-corrected chi connectivity index (χ0v) is 13.2. The molecule has 1 aromatic heterocycles. The summed E-state index contributed by atoms with van der Waals surface area (Å²) in [5.74, 6) is 1.40. The SMILES string of the molecule is CS(=O)(=O)N(Cc1ccccc1)Cc1nnc2n1CCOC2. The molecule has 0 saturated carbocycles. The summed E-state index contributed by atoms with van der Waals surface area (Å²) in [6.45, 7) is 2.19. The fourth-order valence-electron chi connectivity index (χ4n) is 2.41. The van der Waals surface area contributed by atoms with Crippen molar-refractivity contribution in [3.63, 3.8) is 0 Å². The van der Waals surface area contributed by atoms with E-state index in [0.717, 1.165) is 11.4 Å². The lowest BCUT2D eigenvalue weighted by atomic mass is 10.2. The molecule has 0 amide bonds. The number of fused-ring (bicyclic) bond motifs is 1. The lowest BCUT2D eigenvalue weighted by Gasteiger charge is -2.21.